The third-order valence-corrected chi connectivity index (χ3v) is 2.15. The molecule has 4 nitrogen and oxygen atoms in total. The normalized spacial score (nSPS) is 10.9. The minimum absolute atomic E-state index is 0.214. The van der Waals surface area contributed by atoms with Crippen LogP contribution in [0.3, 0.4) is 0 Å². The average molecular weight is 219 g/mol. The van der Waals surface area contributed by atoms with Crippen molar-refractivity contribution < 1.29 is 5.10 Å². The maximum atomic E-state index is 5.27. The Bertz CT molecular complexity index is 515. The van der Waals surface area contributed by atoms with E-state index in [2.05, 4.69) is 27.7 Å². The molecule has 0 saturated heterocycles. The summed E-state index contributed by atoms with van der Waals surface area (Å²) in [5.74, 6) is 0. The molecule has 2 aromatic rings. The molecule has 5 heteroatoms. The van der Waals surface area contributed by atoms with Crippen LogP contribution in [0.5, 0.6) is 0 Å². The molecule has 0 fully saturated rings. The molecule has 5 N–H and O–H groups in total. The molecular weight excluding hydrogens is 208 g/mol. The summed E-state index contributed by atoms with van der Waals surface area (Å²) >= 11 is 4.66. The maximum Gasteiger partial charge on any atom is 0.221 e. The first-order valence-corrected chi connectivity index (χ1v) is 4.88. The van der Waals surface area contributed by atoms with Crippen LogP contribution in [0.4, 0.5) is 0 Å². The Hall–Kier alpha value is -1.88. The predicted molar refractivity (Wildman–Crippen MR) is 64.3 cm³/mol. The lowest BCUT2D eigenvalue weighted by atomic mass is 10.2. The number of nitrogens with two attached hydrogens (primary N) is 1. The van der Waals surface area contributed by atoms with E-state index in [9.17, 15) is 0 Å². The number of rotatable bonds is 2. The molecule has 15 heavy (non-hydrogen) atoms. The summed E-state index contributed by atoms with van der Waals surface area (Å²) in [6.07, 6.45) is 3.72. The molecule has 0 amide bonds. The van der Waals surface area contributed by atoms with Crippen molar-refractivity contribution in [3.05, 3.63) is 36.0 Å². The summed E-state index contributed by atoms with van der Waals surface area (Å²) in [5, 5.41) is 4.18. The maximum absolute atomic E-state index is 5.27. The summed E-state index contributed by atoms with van der Waals surface area (Å²) < 4.78 is 0. The van der Waals surface area contributed by atoms with Gasteiger partial charge < -0.3 is 10.7 Å². The molecule has 0 aliphatic carbocycles. The molecular formula is C10H11N4S+. The van der Waals surface area contributed by atoms with Gasteiger partial charge in [-0.15, -0.1) is 10.5 Å². The molecule has 0 radical (unpaired) electrons. The van der Waals surface area contributed by atoms with Crippen LogP contribution in [0.25, 0.3) is 10.9 Å². The second-order valence-electron chi connectivity index (χ2n) is 3.07. The van der Waals surface area contributed by atoms with E-state index >= 15 is 0 Å². The highest BCUT2D eigenvalue weighted by Crippen LogP contribution is 2.14. The van der Waals surface area contributed by atoms with Gasteiger partial charge >= 0.3 is 0 Å². The molecule has 76 valence electrons. The lowest BCUT2D eigenvalue weighted by molar-refractivity contribution is -0.499. The van der Waals surface area contributed by atoms with Crippen LogP contribution in [-0.2, 0) is 0 Å². The number of benzene rings is 1. The Kier molecular flexibility index (Phi) is 2.64. The Balaban J connectivity index is 2.28. The predicted octanol–water partition coefficient (Wildman–Crippen LogP) is -0.584. The third-order valence-electron chi connectivity index (χ3n) is 2.04. The summed E-state index contributed by atoms with van der Waals surface area (Å²) in [6.45, 7) is 0. The fraction of sp³-hybridized carbons (Fsp3) is 0. The number of aromatic amines is 1. The number of aromatic nitrogens is 1. The van der Waals surface area contributed by atoms with Crippen LogP contribution in [0.15, 0.2) is 30.5 Å². The molecule has 0 aliphatic heterocycles. The molecule has 0 aliphatic rings. The van der Waals surface area contributed by atoms with Gasteiger partial charge in [0.15, 0.2) is 0 Å². The number of para-hydroxylation sites is 1. The first-order chi connectivity index (χ1) is 7.27. The molecule has 1 heterocycles. The summed E-state index contributed by atoms with van der Waals surface area (Å²) in [7, 11) is 0. The Morgan fingerprint density at radius 2 is 2.27 bits per heavy atom. The summed E-state index contributed by atoms with van der Waals surface area (Å²) in [6, 6.07) is 8.05. The van der Waals surface area contributed by atoms with Gasteiger partial charge in [0, 0.05) is 17.1 Å². The number of thiocarbonyl (C=S) groups is 1. The zero-order chi connectivity index (χ0) is 10.7. The smallest absolute Gasteiger partial charge is 0.221 e. The van der Waals surface area contributed by atoms with Crippen LogP contribution >= 0.6 is 12.2 Å². The van der Waals surface area contributed by atoms with E-state index in [1.54, 1.807) is 6.21 Å². The van der Waals surface area contributed by atoms with E-state index in [1.807, 2.05) is 30.5 Å². The Morgan fingerprint density at radius 3 is 3.07 bits per heavy atom. The van der Waals surface area contributed by atoms with Gasteiger partial charge in [0.1, 0.15) is 0 Å². The summed E-state index contributed by atoms with van der Waals surface area (Å²) in [4.78, 5) is 3.16. The highest BCUT2D eigenvalue weighted by atomic mass is 32.1. The lowest BCUT2D eigenvalue weighted by Gasteiger charge is -1.88. The number of hydrogen-bond donors (Lipinski definition) is 4. The number of hydrazone groups is 1. The Labute approximate surface area is 92.2 Å². The minimum Gasteiger partial charge on any atom is -0.372 e. The van der Waals surface area contributed by atoms with E-state index in [0.717, 1.165) is 16.5 Å². The lowest BCUT2D eigenvalue weighted by Crippen LogP contribution is -2.82. The van der Waals surface area contributed by atoms with Crippen LogP contribution in [0.1, 0.15) is 5.56 Å². The van der Waals surface area contributed by atoms with Crippen LogP contribution in [-0.4, -0.2) is 16.3 Å². The fourth-order valence-corrected chi connectivity index (χ4v) is 1.46. The average Bonchev–Trinajstić information content (AvgIpc) is 2.62. The quantitative estimate of drug-likeness (QED) is 0.310. The number of hydrogen-bond acceptors (Lipinski definition) is 1. The Morgan fingerprint density at radius 1 is 1.47 bits per heavy atom. The van der Waals surface area contributed by atoms with Gasteiger partial charge in [-0.3, -0.25) is 0 Å². The first-order valence-electron chi connectivity index (χ1n) is 4.47. The molecule has 0 saturated carbocycles. The van der Waals surface area contributed by atoms with E-state index in [4.69, 9.17) is 5.73 Å². The summed E-state index contributed by atoms with van der Waals surface area (Å²) in [5.41, 5.74) is 10.1. The van der Waals surface area contributed by atoms with Crippen LogP contribution in [0, 0.1) is 0 Å². The number of fused-ring (bicyclic) bond motifs is 1. The minimum atomic E-state index is 0.214. The van der Waals surface area contributed by atoms with Gasteiger partial charge in [0.2, 0.25) is 11.3 Å². The van der Waals surface area contributed by atoms with E-state index in [1.165, 1.54) is 0 Å². The van der Waals surface area contributed by atoms with Crippen molar-refractivity contribution in [2.45, 2.75) is 0 Å². The standard InChI is InChI=1S/C10H10N4S/c11-10(15)14-13-6-7-5-12-9-4-2-1-3-8(7)9/h1-6,12H,(H3,11,14,15)/p+1/b13-6+. The monoisotopic (exact) mass is 219 g/mol. The molecule has 0 atom stereocenters. The van der Waals surface area contributed by atoms with Crippen molar-refractivity contribution in [3.63, 3.8) is 0 Å². The van der Waals surface area contributed by atoms with Crippen LogP contribution in [0.2, 0.25) is 0 Å². The number of nitrogens with one attached hydrogen (secondary N) is 3. The molecule has 1 aromatic carbocycles. The van der Waals surface area contributed by atoms with Crippen molar-refractivity contribution in [1.29, 1.82) is 0 Å². The van der Waals surface area contributed by atoms with Crippen molar-refractivity contribution in [1.82, 2.24) is 10.4 Å². The van der Waals surface area contributed by atoms with Gasteiger partial charge in [0.05, 0.1) is 5.56 Å². The molecule has 1 aromatic heterocycles. The molecule has 0 bridgehead atoms. The second-order valence-corrected chi connectivity index (χ2v) is 3.51. The van der Waals surface area contributed by atoms with E-state index in [0.29, 0.717) is 0 Å². The highest BCUT2D eigenvalue weighted by Gasteiger charge is 2.01. The molecule has 0 spiro atoms. The zero-order valence-electron chi connectivity index (χ0n) is 7.95. The SMILES string of the molecule is NC(=S)N/[NH+]=C/c1c[nH]c2ccccc12. The first kappa shape index (κ1) is 9.67. The van der Waals surface area contributed by atoms with E-state index in [-0.39, 0.29) is 5.11 Å². The van der Waals surface area contributed by atoms with E-state index < -0.39 is 0 Å². The van der Waals surface area contributed by atoms with Gasteiger partial charge in [-0.1, -0.05) is 18.2 Å². The zero-order valence-corrected chi connectivity index (χ0v) is 8.77. The van der Waals surface area contributed by atoms with Gasteiger partial charge in [-0.25, -0.2) is 0 Å². The molecule has 2 rings (SSSR count). The van der Waals surface area contributed by atoms with Gasteiger partial charge in [-0.05, 0) is 18.3 Å². The van der Waals surface area contributed by atoms with Crippen molar-refractivity contribution in [3.8, 4) is 0 Å². The number of hydrazine groups is 1. The molecule has 0 unspecified atom stereocenters. The number of H-pyrrole nitrogens is 1. The van der Waals surface area contributed by atoms with Gasteiger partial charge in [-0.2, -0.15) is 0 Å². The van der Waals surface area contributed by atoms with Gasteiger partial charge in [0.25, 0.3) is 0 Å². The largest absolute Gasteiger partial charge is 0.372 e. The third kappa shape index (κ3) is 2.13. The topological polar surface area (TPSA) is 67.8 Å². The fourth-order valence-electron chi connectivity index (χ4n) is 1.40. The van der Waals surface area contributed by atoms with Crippen molar-refractivity contribution in [2.75, 3.05) is 0 Å². The van der Waals surface area contributed by atoms with Crippen molar-refractivity contribution in [2.24, 2.45) is 5.73 Å². The second kappa shape index (κ2) is 4.10. The van der Waals surface area contributed by atoms with Crippen molar-refractivity contribution >= 4 is 34.4 Å². The van der Waals surface area contributed by atoms with Crippen LogP contribution < -0.4 is 16.3 Å². The highest BCUT2D eigenvalue weighted by molar-refractivity contribution is 7.80.